The fraction of sp³-hybridized carbons (Fsp3) is 1.00. The topological polar surface area (TPSA) is 0 Å². The molecule has 3 rings (SSSR count). The van der Waals surface area contributed by atoms with E-state index in [0.29, 0.717) is 0 Å². The molecule has 0 radical (unpaired) electrons. The predicted molar refractivity (Wildman–Crippen MR) is 86.3 cm³/mol. The minimum absolute atomic E-state index is 0.0465. The summed E-state index contributed by atoms with van der Waals surface area (Å²) in [5.74, 6) is 0. The van der Waals surface area contributed by atoms with E-state index in [1.807, 2.05) is 0 Å². The Morgan fingerprint density at radius 1 is 0.368 bits per heavy atom. The van der Waals surface area contributed by atoms with Crippen molar-refractivity contribution in [2.75, 3.05) is 0 Å². The van der Waals surface area contributed by atoms with E-state index in [-0.39, 0.29) is 8.80 Å². The van der Waals surface area contributed by atoms with Crippen LogP contribution < -0.4 is 0 Å². The minimum atomic E-state index is -0.0465. The monoisotopic (exact) mass is 277 g/mol. The van der Waals surface area contributed by atoms with Crippen molar-refractivity contribution < 1.29 is 0 Å². The summed E-state index contributed by atoms with van der Waals surface area (Å²) in [7, 11) is -0.0465. The molecule has 0 heterocycles. The normalized spacial score (nSPS) is 28.4. The van der Waals surface area contributed by atoms with Gasteiger partial charge in [-0.05, 0) is 38.5 Å². The van der Waals surface area contributed by atoms with Crippen LogP contribution in [0.1, 0.15) is 96.3 Å². The van der Waals surface area contributed by atoms with Crippen LogP contribution in [0.2, 0.25) is 16.6 Å². The van der Waals surface area contributed by atoms with Crippen LogP contribution in [0.5, 0.6) is 0 Å². The van der Waals surface area contributed by atoms with Crippen LogP contribution in [0, 0.1) is 0 Å². The number of rotatable bonds is 3. The second kappa shape index (κ2) is 7.29. The predicted octanol–water partition coefficient (Wildman–Crippen LogP) is 6.48. The zero-order chi connectivity index (χ0) is 12.9. The number of hydrogen-bond donors (Lipinski definition) is 0. The molecule has 0 bridgehead atoms. The Hall–Kier alpha value is 0.217. The van der Waals surface area contributed by atoms with Crippen molar-refractivity contribution >= 4 is 8.80 Å². The Bertz CT molecular complexity index is 202. The van der Waals surface area contributed by atoms with Gasteiger partial charge in [-0.2, -0.15) is 0 Å². The Balaban J connectivity index is 1.68. The highest BCUT2D eigenvalue weighted by Gasteiger charge is 2.50. The van der Waals surface area contributed by atoms with Crippen LogP contribution in [-0.2, 0) is 0 Å². The third kappa shape index (κ3) is 3.65. The van der Waals surface area contributed by atoms with Gasteiger partial charge >= 0.3 is 8.80 Å². The van der Waals surface area contributed by atoms with Crippen LogP contribution in [0.15, 0.2) is 0 Å². The average Bonchev–Trinajstić information content (AvgIpc) is 2.51. The largest absolute Gasteiger partial charge is 0.324 e. The SMILES string of the molecule is C1CCC([Si+](C2CCCCC2)C2CCCCC2)CC1. The molecule has 0 amide bonds. The lowest BCUT2D eigenvalue weighted by atomic mass is 9.98. The van der Waals surface area contributed by atoms with Crippen LogP contribution >= 0.6 is 0 Å². The van der Waals surface area contributed by atoms with Gasteiger partial charge in [0.05, 0.1) is 16.6 Å². The molecule has 3 aliphatic rings. The molecule has 0 saturated heterocycles. The van der Waals surface area contributed by atoms with E-state index in [1.165, 1.54) is 16.6 Å². The maximum atomic E-state index is 1.63. The minimum Gasteiger partial charge on any atom is -0.0531 e. The second-order valence-corrected chi connectivity index (χ2v) is 11.0. The maximum absolute atomic E-state index is 1.63. The second-order valence-electron chi connectivity index (χ2n) is 7.50. The third-order valence-electron chi connectivity index (χ3n) is 6.23. The van der Waals surface area contributed by atoms with E-state index in [4.69, 9.17) is 0 Å². The fourth-order valence-electron chi connectivity index (χ4n) is 5.31. The molecular weight excluding hydrogens is 244 g/mol. The average molecular weight is 278 g/mol. The zero-order valence-corrected chi connectivity index (χ0v) is 13.8. The Labute approximate surface area is 122 Å². The van der Waals surface area contributed by atoms with Crippen LogP contribution in [0.3, 0.4) is 0 Å². The molecular formula is C18H33Si+. The summed E-state index contributed by atoms with van der Waals surface area (Å²) in [6.07, 6.45) is 23.8. The van der Waals surface area contributed by atoms with Crippen molar-refractivity contribution in [3.05, 3.63) is 0 Å². The first kappa shape index (κ1) is 14.2. The van der Waals surface area contributed by atoms with Gasteiger partial charge in [0.1, 0.15) is 0 Å². The molecule has 0 spiro atoms. The van der Waals surface area contributed by atoms with Gasteiger partial charge in [-0.3, -0.25) is 0 Å². The summed E-state index contributed by atoms with van der Waals surface area (Å²) in [6.45, 7) is 0. The molecule has 0 aromatic rings. The van der Waals surface area contributed by atoms with E-state index in [9.17, 15) is 0 Å². The molecule has 0 aromatic carbocycles. The van der Waals surface area contributed by atoms with Crippen molar-refractivity contribution in [3.63, 3.8) is 0 Å². The molecule has 0 atom stereocenters. The van der Waals surface area contributed by atoms with Crippen molar-refractivity contribution in [3.8, 4) is 0 Å². The van der Waals surface area contributed by atoms with Gasteiger partial charge in [-0.15, -0.1) is 0 Å². The van der Waals surface area contributed by atoms with E-state index >= 15 is 0 Å². The zero-order valence-electron chi connectivity index (χ0n) is 12.8. The Morgan fingerprint density at radius 2 is 0.632 bits per heavy atom. The summed E-state index contributed by atoms with van der Waals surface area (Å²) >= 11 is 0. The molecule has 3 fully saturated rings. The highest BCUT2D eigenvalue weighted by Crippen LogP contribution is 2.49. The first-order valence-corrected chi connectivity index (χ1v) is 11.0. The molecule has 0 aliphatic heterocycles. The van der Waals surface area contributed by atoms with Gasteiger partial charge in [0.15, 0.2) is 0 Å². The molecule has 0 nitrogen and oxygen atoms in total. The lowest BCUT2D eigenvalue weighted by Gasteiger charge is -2.32. The first-order chi connectivity index (χ1) is 9.45. The van der Waals surface area contributed by atoms with Gasteiger partial charge in [-0.25, -0.2) is 0 Å². The van der Waals surface area contributed by atoms with Crippen molar-refractivity contribution in [2.45, 2.75) is 113 Å². The van der Waals surface area contributed by atoms with Crippen molar-refractivity contribution in [1.29, 1.82) is 0 Å². The lowest BCUT2D eigenvalue weighted by Crippen LogP contribution is -2.35. The highest BCUT2D eigenvalue weighted by atomic mass is 28.3. The van der Waals surface area contributed by atoms with Crippen LogP contribution in [0.4, 0.5) is 0 Å². The molecule has 3 aliphatic carbocycles. The molecule has 0 aromatic heterocycles. The van der Waals surface area contributed by atoms with Gasteiger partial charge in [0.2, 0.25) is 0 Å². The van der Waals surface area contributed by atoms with E-state index in [1.54, 1.807) is 96.3 Å². The molecule has 0 unspecified atom stereocenters. The molecule has 108 valence electrons. The standard InChI is InChI=1S/C18H33Si/c1-4-10-16(11-5-1)19(17-12-6-2-7-13-17)18-14-8-3-9-15-18/h16-18H,1-15H2/q+1. The van der Waals surface area contributed by atoms with E-state index in [0.717, 1.165) is 0 Å². The van der Waals surface area contributed by atoms with Gasteiger partial charge in [0.25, 0.3) is 0 Å². The highest BCUT2D eigenvalue weighted by molar-refractivity contribution is 6.63. The van der Waals surface area contributed by atoms with Crippen molar-refractivity contribution in [1.82, 2.24) is 0 Å². The Morgan fingerprint density at radius 3 is 0.895 bits per heavy atom. The van der Waals surface area contributed by atoms with Gasteiger partial charge in [0, 0.05) is 0 Å². The molecule has 1 heteroatoms. The quantitative estimate of drug-likeness (QED) is 0.518. The van der Waals surface area contributed by atoms with Crippen LogP contribution in [-0.4, -0.2) is 8.80 Å². The summed E-state index contributed by atoms with van der Waals surface area (Å²) in [4.78, 5) is 0. The summed E-state index contributed by atoms with van der Waals surface area (Å²) < 4.78 is 0. The van der Waals surface area contributed by atoms with Crippen LogP contribution in [0.25, 0.3) is 0 Å². The lowest BCUT2D eigenvalue weighted by molar-refractivity contribution is 0.429. The molecule has 3 saturated carbocycles. The fourth-order valence-corrected chi connectivity index (χ4v) is 10.5. The van der Waals surface area contributed by atoms with E-state index in [2.05, 4.69) is 0 Å². The molecule has 0 N–H and O–H groups in total. The van der Waals surface area contributed by atoms with Gasteiger partial charge < -0.3 is 0 Å². The van der Waals surface area contributed by atoms with E-state index < -0.39 is 0 Å². The Kier molecular flexibility index (Phi) is 5.44. The summed E-state index contributed by atoms with van der Waals surface area (Å²) in [5.41, 5.74) is 3.68. The third-order valence-corrected chi connectivity index (χ3v) is 10.8. The van der Waals surface area contributed by atoms with Crippen molar-refractivity contribution in [2.24, 2.45) is 0 Å². The summed E-state index contributed by atoms with van der Waals surface area (Å²) in [6, 6.07) is 0. The number of hydrogen-bond acceptors (Lipinski definition) is 0. The maximum Gasteiger partial charge on any atom is 0.324 e. The van der Waals surface area contributed by atoms with Gasteiger partial charge in [-0.1, -0.05) is 57.8 Å². The smallest absolute Gasteiger partial charge is 0.0531 e. The first-order valence-electron chi connectivity index (χ1n) is 9.32. The summed E-state index contributed by atoms with van der Waals surface area (Å²) in [5, 5.41) is 0. The molecule has 19 heavy (non-hydrogen) atoms.